The second kappa shape index (κ2) is 5.47. The molecule has 6 nitrogen and oxygen atoms in total. The summed E-state index contributed by atoms with van der Waals surface area (Å²) in [5, 5.41) is 9.04. The topological polar surface area (TPSA) is 83.9 Å². The second-order valence-corrected chi connectivity index (χ2v) is 6.45. The highest BCUT2D eigenvalue weighted by Crippen LogP contribution is 2.24. The summed E-state index contributed by atoms with van der Waals surface area (Å²) >= 11 is 0. The Bertz CT molecular complexity index is 625. The van der Waals surface area contributed by atoms with Gasteiger partial charge in [0.2, 0.25) is 10.0 Å². The van der Waals surface area contributed by atoms with E-state index in [1.807, 2.05) is 0 Å². The molecule has 1 fully saturated rings. The Morgan fingerprint density at radius 2 is 2.20 bits per heavy atom. The van der Waals surface area contributed by atoms with Gasteiger partial charge in [-0.15, -0.1) is 0 Å². The highest BCUT2D eigenvalue weighted by molar-refractivity contribution is 7.89. The van der Waals surface area contributed by atoms with E-state index >= 15 is 0 Å². The van der Waals surface area contributed by atoms with Crippen molar-refractivity contribution in [1.82, 2.24) is 4.31 Å². The molecule has 1 aliphatic rings. The first kappa shape index (κ1) is 14.9. The zero-order chi connectivity index (χ0) is 14.9. The van der Waals surface area contributed by atoms with Crippen LogP contribution in [0.5, 0.6) is 0 Å². The zero-order valence-corrected chi connectivity index (χ0v) is 11.6. The third-order valence-corrected chi connectivity index (χ3v) is 5.20. The Balaban J connectivity index is 2.47. The van der Waals surface area contributed by atoms with E-state index < -0.39 is 32.3 Å². The largest absolute Gasteiger partial charge is 0.478 e. The summed E-state index contributed by atoms with van der Waals surface area (Å²) in [7, 11) is -2.75. The zero-order valence-electron chi connectivity index (χ0n) is 10.7. The summed E-state index contributed by atoms with van der Waals surface area (Å²) in [6.07, 6.45) is 0.521. The number of benzene rings is 1. The quantitative estimate of drug-likeness (QED) is 0.894. The van der Waals surface area contributed by atoms with Crippen LogP contribution in [0.2, 0.25) is 0 Å². The van der Waals surface area contributed by atoms with Crippen LogP contribution in [0.15, 0.2) is 23.1 Å². The molecule has 0 amide bonds. The van der Waals surface area contributed by atoms with E-state index in [4.69, 9.17) is 9.84 Å². The van der Waals surface area contributed by atoms with Crippen LogP contribution in [0.4, 0.5) is 4.39 Å². The van der Waals surface area contributed by atoms with Crippen LogP contribution < -0.4 is 0 Å². The van der Waals surface area contributed by atoms with Crippen molar-refractivity contribution < 1.29 is 27.4 Å². The number of aromatic carboxylic acids is 1. The number of carbonyl (C=O) groups is 1. The molecule has 8 heteroatoms. The lowest BCUT2D eigenvalue weighted by atomic mass is 10.2. The summed E-state index contributed by atoms with van der Waals surface area (Å²) in [6.45, 7) is 0.687. The number of rotatable bonds is 4. The lowest BCUT2D eigenvalue weighted by Crippen LogP contribution is -2.38. The van der Waals surface area contributed by atoms with E-state index in [0.29, 0.717) is 13.0 Å². The van der Waals surface area contributed by atoms with Gasteiger partial charge in [-0.1, -0.05) is 0 Å². The first-order valence-electron chi connectivity index (χ1n) is 5.92. The molecule has 1 heterocycles. The standard InChI is InChI=1S/C12H14FNO5S/c1-14(9-4-5-19-7-9)20(17,18)11-6-8(13)2-3-10(11)12(15)16/h2-3,6,9H,4-5,7H2,1H3,(H,15,16). The van der Waals surface area contributed by atoms with Gasteiger partial charge in [0.05, 0.1) is 23.1 Å². The molecule has 1 aromatic carbocycles. The fraction of sp³-hybridized carbons (Fsp3) is 0.417. The highest BCUT2D eigenvalue weighted by atomic mass is 32.2. The van der Waals surface area contributed by atoms with E-state index in [1.165, 1.54) is 7.05 Å². The van der Waals surface area contributed by atoms with Crippen molar-refractivity contribution in [3.05, 3.63) is 29.6 Å². The Hall–Kier alpha value is -1.51. The van der Waals surface area contributed by atoms with E-state index in [2.05, 4.69) is 0 Å². The van der Waals surface area contributed by atoms with Crippen LogP contribution in [0.3, 0.4) is 0 Å². The molecule has 0 saturated carbocycles. The SMILES string of the molecule is CN(C1CCOC1)S(=O)(=O)c1cc(F)ccc1C(=O)O. The molecule has 0 bridgehead atoms. The Morgan fingerprint density at radius 3 is 2.75 bits per heavy atom. The van der Waals surface area contributed by atoms with Crippen molar-refractivity contribution in [2.75, 3.05) is 20.3 Å². The number of carboxylic acid groups (broad SMARTS) is 1. The number of ether oxygens (including phenoxy) is 1. The summed E-state index contributed by atoms with van der Waals surface area (Å²) < 4.78 is 44.3. The van der Waals surface area contributed by atoms with Gasteiger partial charge in [0.25, 0.3) is 0 Å². The molecule has 0 aliphatic carbocycles. The molecular weight excluding hydrogens is 289 g/mol. The summed E-state index contributed by atoms with van der Waals surface area (Å²) in [4.78, 5) is 10.6. The Labute approximate surface area is 115 Å². The van der Waals surface area contributed by atoms with Gasteiger partial charge in [0.15, 0.2) is 0 Å². The molecule has 20 heavy (non-hydrogen) atoms. The maximum atomic E-state index is 13.3. The number of carboxylic acids is 1. The minimum atomic E-state index is -4.09. The van der Waals surface area contributed by atoms with E-state index in [9.17, 15) is 17.6 Å². The monoisotopic (exact) mass is 303 g/mol. The van der Waals surface area contributed by atoms with Gasteiger partial charge in [0, 0.05) is 13.7 Å². The normalized spacial score (nSPS) is 19.4. The fourth-order valence-corrected chi connectivity index (χ4v) is 3.61. The molecular formula is C12H14FNO5S. The van der Waals surface area contributed by atoms with E-state index in [0.717, 1.165) is 22.5 Å². The summed E-state index contributed by atoms with van der Waals surface area (Å²) in [5.41, 5.74) is -0.447. The fourth-order valence-electron chi connectivity index (χ4n) is 2.05. The number of nitrogens with zero attached hydrogens (tertiary/aromatic N) is 1. The average Bonchev–Trinajstić information content (AvgIpc) is 2.91. The van der Waals surface area contributed by atoms with Gasteiger partial charge in [-0.05, 0) is 24.6 Å². The molecule has 0 spiro atoms. The van der Waals surface area contributed by atoms with Gasteiger partial charge in [0.1, 0.15) is 5.82 Å². The van der Waals surface area contributed by atoms with Crippen LogP contribution >= 0.6 is 0 Å². The smallest absolute Gasteiger partial charge is 0.337 e. The van der Waals surface area contributed by atoms with Gasteiger partial charge in [-0.2, -0.15) is 4.31 Å². The predicted molar refractivity (Wildman–Crippen MR) is 67.5 cm³/mol. The summed E-state index contributed by atoms with van der Waals surface area (Å²) in [5.74, 6) is -2.22. The Kier molecular flexibility index (Phi) is 4.07. The number of sulfonamides is 1. The minimum Gasteiger partial charge on any atom is -0.478 e. The lowest BCUT2D eigenvalue weighted by molar-refractivity contribution is 0.0692. The van der Waals surface area contributed by atoms with Gasteiger partial charge in [-0.25, -0.2) is 17.6 Å². The number of hydrogen-bond acceptors (Lipinski definition) is 4. The molecule has 1 N–H and O–H groups in total. The molecule has 0 aromatic heterocycles. The molecule has 1 aromatic rings. The first-order chi connectivity index (χ1) is 9.34. The van der Waals surface area contributed by atoms with Crippen LogP contribution in [-0.2, 0) is 14.8 Å². The van der Waals surface area contributed by atoms with E-state index in [1.54, 1.807) is 0 Å². The maximum absolute atomic E-state index is 13.3. The van der Waals surface area contributed by atoms with Gasteiger partial charge < -0.3 is 9.84 Å². The second-order valence-electron chi connectivity index (χ2n) is 4.48. The third-order valence-electron chi connectivity index (χ3n) is 3.25. The molecule has 2 rings (SSSR count). The first-order valence-corrected chi connectivity index (χ1v) is 7.36. The number of likely N-dealkylation sites (N-methyl/N-ethyl adjacent to an activating group) is 1. The predicted octanol–water partition coefficient (Wildman–Crippen LogP) is 0.933. The lowest BCUT2D eigenvalue weighted by Gasteiger charge is -2.23. The molecule has 1 atom stereocenters. The third kappa shape index (κ3) is 2.67. The van der Waals surface area contributed by atoms with Gasteiger partial charge >= 0.3 is 5.97 Å². The maximum Gasteiger partial charge on any atom is 0.337 e. The molecule has 1 aliphatic heterocycles. The van der Waals surface area contributed by atoms with Crippen LogP contribution in [0.25, 0.3) is 0 Å². The van der Waals surface area contributed by atoms with Crippen LogP contribution in [0, 0.1) is 5.82 Å². The average molecular weight is 303 g/mol. The molecule has 1 unspecified atom stereocenters. The Morgan fingerprint density at radius 1 is 1.50 bits per heavy atom. The molecule has 1 saturated heterocycles. The van der Waals surface area contributed by atoms with Gasteiger partial charge in [-0.3, -0.25) is 0 Å². The van der Waals surface area contributed by atoms with E-state index in [-0.39, 0.29) is 12.6 Å². The van der Waals surface area contributed by atoms with Crippen LogP contribution in [-0.4, -0.2) is 50.1 Å². The van der Waals surface area contributed by atoms with Crippen molar-refractivity contribution in [2.45, 2.75) is 17.4 Å². The summed E-state index contributed by atoms with van der Waals surface area (Å²) in [6, 6.07) is 2.22. The minimum absolute atomic E-state index is 0.244. The molecule has 110 valence electrons. The molecule has 0 radical (unpaired) electrons. The number of halogens is 1. The highest BCUT2D eigenvalue weighted by Gasteiger charge is 2.33. The van der Waals surface area contributed by atoms with Crippen molar-refractivity contribution in [2.24, 2.45) is 0 Å². The van der Waals surface area contributed by atoms with Crippen molar-refractivity contribution in [3.63, 3.8) is 0 Å². The van der Waals surface area contributed by atoms with Crippen molar-refractivity contribution in [1.29, 1.82) is 0 Å². The van der Waals surface area contributed by atoms with Crippen molar-refractivity contribution >= 4 is 16.0 Å². The number of hydrogen-bond donors (Lipinski definition) is 1. The van der Waals surface area contributed by atoms with Crippen molar-refractivity contribution in [3.8, 4) is 0 Å². The van der Waals surface area contributed by atoms with Crippen LogP contribution in [0.1, 0.15) is 16.8 Å².